The van der Waals surface area contributed by atoms with Crippen molar-refractivity contribution in [2.24, 2.45) is 4.99 Å². The molecule has 0 aliphatic carbocycles. The molecule has 132 valence electrons. The fraction of sp³-hybridized carbons (Fsp3) is 0.444. The molecule has 0 bridgehead atoms. The summed E-state index contributed by atoms with van der Waals surface area (Å²) in [4.78, 5) is 8.75. The Morgan fingerprint density at radius 2 is 1.71 bits per heavy atom. The van der Waals surface area contributed by atoms with E-state index in [2.05, 4.69) is 35.3 Å². The van der Waals surface area contributed by atoms with Crippen LogP contribution in [0.5, 0.6) is 0 Å². The third-order valence-corrected chi connectivity index (χ3v) is 3.68. The number of para-hydroxylation sites is 1. The van der Waals surface area contributed by atoms with E-state index in [9.17, 15) is 0 Å². The number of aliphatic imine (C=N–C) groups is 1. The average molecular weight is 441 g/mol. The molecule has 6 heteroatoms. The Morgan fingerprint density at radius 3 is 2.29 bits per heavy atom. The highest BCUT2D eigenvalue weighted by Gasteiger charge is 2.07. The molecule has 0 radical (unpaired) electrons. The highest BCUT2D eigenvalue weighted by atomic mass is 127. The van der Waals surface area contributed by atoms with Crippen molar-refractivity contribution in [1.29, 1.82) is 0 Å². The van der Waals surface area contributed by atoms with Crippen molar-refractivity contribution < 1.29 is 0 Å². The fourth-order valence-electron chi connectivity index (χ4n) is 2.59. The molecule has 24 heavy (non-hydrogen) atoms. The van der Waals surface area contributed by atoms with Crippen molar-refractivity contribution in [2.45, 2.75) is 19.8 Å². The average Bonchev–Trinajstić information content (AvgIpc) is 2.88. The van der Waals surface area contributed by atoms with E-state index >= 15 is 0 Å². The number of hydrogen-bond acceptors (Lipinski definition) is 2. The Balaban J connectivity index is 0.00000288. The second-order valence-electron chi connectivity index (χ2n) is 6.09. The van der Waals surface area contributed by atoms with Gasteiger partial charge in [0.25, 0.3) is 0 Å². The molecule has 2 rings (SSSR count). The largest absolute Gasteiger partial charge is 0.349 e. The summed E-state index contributed by atoms with van der Waals surface area (Å²) in [6.45, 7) is 2.89. The second kappa shape index (κ2) is 9.66. The Hall–Kier alpha value is -1.57. The fourth-order valence-corrected chi connectivity index (χ4v) is 2.59. The van der Waals surface area contributed by atoms with Crippen LogP contribution < -0.4 is 0 Å². The molecule has 1 heterocycles. The second-order valence-corrected chi connectivity index (χ2v) is 6.09. The van der Waals surface area contributed by atoms with Crippen molar-refractivity contribution in [3.63, 3.8) is 0 Å². The number of benzene rings is 1. The monoisotopic (exact) mass is 441 g/mol. The predicted octanol–water partition coefficient (Wildman–Crippen LogP) is 3.21. The molecule has 0 atom stereocenters. The third-order valence-electron chi connectivity index (χ3n) is 3.68. The summed E-state index contributed by atoms with van der Waals surface area (Å²) < 4.78 is 1.96. The maximum atomic E-state index is 4.67. The number of aromatic nitrogens is 2. The van der Waals surface area contributed by atoms with Crippen LogP contribution in [0.4, 0.5) is 0 Å². The summed E-state index contributed by atoms with van der Waals surface area (Å²) in [5.74, 6) is 1.00. The van der Waals surface area contributed by atoms with Gasteiger partial charge in [-0.15, -0.1) is 24.0 Å². The lowest BCUT2D eigenvalue weighted by Crippen LogP contribution is -2.35. The molecule has 0 aliphatic heterocycles. The van der Waals surface area contributed by atoms with Gasteiger partial charge in [0.1, 0.15) is 0 Å². The number of hydrogen-bond donors (Lipinski definition) is 0. The topological polar surface area (TPSA) is 36.7 Å². The van der Waals surface area contributed by atoms with Crippen LogP contribution >= 0.6 is 24.0 Å². The smallest absolute Gasteiger partial charge is 0.195 e. The third kappa shape index (κ3) is 5.51. The molecule has 0 amide bonds. The molecule has 1 aromatic heterocycles. The lowest BCUT2D eigenvalue weighted by molar-refractivity contribution is 0.479. The zero-order valence-electron chi connectivity index (χ0n) is 15.2. The molecule has 0 fully saturated rings. The van der Waals surface area contributed by atoms with Crippen LogP contribution in [0.3, 0.4) is 0 Å². The molecule has 2 aromatic rings. The van der Waals surface area contributed by atoms with E-state index in [-0.39, 0.29) is 24.0 Å². The van der Waals surface area contributed by atoms with Crippen molar-refractivity contribution in [1.82, 2.24) is 19.6 Å². The number of aryl methyl sites for hydroxylation is 2. The standard InChI is InChI=1S/C18H27N5.HI/c1-15-16(10-9-13-19-18(21(2)3)22(4)5)14-23(20-15)17-11-7-6-8-12-17;/h6-8,11-12,14H,9-10,13H2,1-5H3;1H. The Morgan fingerprint density at radius 1 is 1.08 bits per heavy atom. The first-order valence-electron chi connectivity index (χ1n) is 7.98. The Kier molecular flexibility index (Phi) is 8.24. The molecule has 0 N–H and O–H groups in total. The number of nitrogens with zero attached hydrogens (tertiary/aromatic N) is 5. The summed E-state index contributed by atoms with van der Waals surface area (Å²) in [6.07, 6.45) is 4.15. The summed E-state index contributed by atoms with van der Waals surface area (Å²) in [5.41, 5.74) is 3.49. The quantitative estimate of drug-likeness (QED) is 0.310. The normalized spacial score (nSPS) is 10.0. The van der Waals surface area contributed by atoms with Gasteiger partial charge in [0.2, 0.25) is 0 Å². The van der Waals surface area contributed by atoms with Crippen LogP contribution in [0.1, 0.15) is 17.7 Å². The molecule has 0 aliphatic rings. The first-order valence-corrected chi connectivity index (χ1v) is 7.98. The van der Waals surface area contributed by atoms with Crippen LogP contribution in [-0.4, -0.2) is 60.3 Å². The van der Waals surface area contributed by atoms with Gasteiger partial charge in [-0.3, -0.25) is 4.99 Å². The van der Waals surface area contributed by atoms with Crippen molar-refractivity contribution in [3.05, 3.63) is 47.8 Å². The van der Waals surface area contributed by atoms with Gasteiger partial charge in [-0.1, -0.05) is 18.2 Å². The summed E-state index contributed by atoms with van der Waals surface area (Å²) in [7, 11) is 8.08. The maximum Gasteiger partial charge on any atom is 0.195 e. The lowest BCUT2D eigenvalue weighted by Gasteiger charge is -2.22. The molecule has 5 nitrogen and oxygen atoms in total. The van der Waals surface area contributed by atoms with Crippen molar-refractivity contribution in [2.75, 3.05) is 34.7 Å². The summed E-state index contributed by atoms with van der Waals surface area (Å²) in [5, 5.41) is 4.62. The van der Waals surface area contributed by atoms with Crippen LogP contribution in [0.2, 0.25) is 0 Å². The van der Waals surface area contributed by atoms with E-state index in [1.54, 1.807) is 0 Å². The lowest BCUT2D eigenvalue weighted by atomic mass is 10.1. The van der Waals surface area contributed by atoms with Crippen LogP contribution in [0.15, 0.2) is 41.5 Å². The van der Waals surface area contributed by atoms with Crippen LogP contribution in [0.25, 0.3) is 5.69 Å². The van der Waals surface area contributed by atoms with E-state index in [1.165, 1.54) is 5.56 Å². The van der Waals surface area contributed by atoms with Gasteiger partial charge < -0.3 is 9.80 Å². The molecule has 0 unspecified atom stereocenters. The van der Waals surface area contributed by atoms with Gasteiger partial charge in [0.15, 0.2) is 5.96 Å². The zero-order valence-corrected chi connectivity index (χ0v) is 17.6. The van der Waals surface area contributed by atoms with Crippen molar-refractivity contribution >= 4 is 29.9 Å². The minimum Gasteiger partial charge on any atom is -0.349 e. The zero-order chi connectivity index (χ0) is 16.8. The van der Waals surface area contributed by atoms with Gasteiger partial charge in [0.05, 0.1) is 11.4 Å². The number of rotatable bonds is 5. The molecule has 0 saturated heterocycles. The minimum absolute atomic E-state index is 0. The molecule has 1 aromatic carbocycles. The SMILES string of the molecule is Cc1nn(-c2ccccc2)cc1CCCN=C(N(C)C)N(C)C.I. The van der Waals surface area contributed by atoms with E-state index in [4.69, 9.17) is 0 Å². The Bertz CT molecular complexity index is 637. The molecular formula is C18H28IN5. The Labute approximate surface area is 162 Å². The van der Waals surface area contributed by atoms with Gasteiger partial charge in [-0.25, -0.2) is 4.68 Å². The van der Waals surface area contributed by atoms with Crippen LogP contribution in [-0.2, 0) is 6.42 Å². The molecule has 0 saturated carbocycles. The van der Waals surface area contributed by atoms with Crippen LogP contribution in [0, 0.1) is 6.92 Å². The highest BCUT2D eigenvalue weighted by molar-refractivity contribution is 14.0. The summed E-state index contributed by atoms with van der Waals surface area (Å²) in [6, 6.07) is 10.2. The molecule has 0 spiro atoms. The van der Waals surface area contributed by atoms with E-state index in [0.717, 1.165) is 36.7 Å². The highest BCUT2D eigenvalue weighted by Crippen LogP contribution is 2.13. The van der Waals surface area contributed by atoms with E-state index in [1.807, 2.05) is 60.9 Å². The first kappa shape index (κ1) is 20.5. The minimum atomic E-state index is 0. The number of halogens is 1. The first-order chi connectivity index (χ1) is 11.0. The summed E-state index contributed by atoms with van der Waals surface area (Å²) >= 11 is 0. The maximum absolute atomic E-state index is 4.67. The van der Waals surface area contributed by atoms with E-state index in [0.29, 0.717) is 0 Å². The van der Waals surface area contributed by atoms with E-state index < -0.39 is 0 Å². The van der Waals surface area contributed by atoms with Gasteiger partial charge in [-0.05, 0) is 37.5 Å². The molecular weight excluding hydrogens is 413 g/mol. The van der Waals surface area contributed by atoms with Crippen molar-refractivity contribution in [3.8, 4) is 5.69 Å². The van der Waals surface area contributed by atoms with Gasteiger partial charge in [-0.2, -0.15) is 5.10 Å². The number of guanidine groups is 1. The predicted molar refractivity (Wildman–Crippen MR) is 112 cm³/mol. The van der Waals surface area contributed by atoms with Gasteiger partial charge in [0, 0.05) is 40.9 Å². The van der Waals surface area contributed by atoms with Gasteiger partial charge >= 0.3 is 0 Å².